The lowest BCUT2D eigenvalue weighted by Crippen LogP contribution is -2.51. The number of hydrogen-bond donors (Lipinski definition) is 0. The molecule has 0 atom stereocenters. The molecule has 7 heteroatoms. The zero-order valence-electron chi connectivity index (χ0n) is 17.7. The van der Waals surface area contributed by atoms with E-state index in [1.807, 2.05) is 36.3 Å². The molecule has 0 bridgehead atoms. The van der Waals surface area contributed by atoms with Crippen LogP contribution in [-0.4, -0.2) is 86.8 Å². The summed E-state index contributed by atoms with van der Waals surface area (Å²) in [5.74, 6) is 1.18. The summed E-state index contributed by atoms with van der Waals surface area (Å²) in [6.07, 6.45) is 1.82. The molecular formula is C23H31N5O2. The van der Waals surface area contributed by atoms with Crippen molar-refractivity contribution in [1.29, 1.82) is 0 Å². The van der Waals surface area contributed by atoms with Gasteiger partial charge < -0.3 is 19.4 Å². The molecule has 0 spiro atoms. The van der Waals surface area contributed by atoms with Crippen LogP contribution in [0.5, 0.6) is 0 Å². The molecule has 2 aromatic rings. The quantitative estimate of drug-likeness (QED) is 0.724. The van der Waals surface area contributed by atoms with Crippen molar-refractivity contribution in [3.8, 4) is 0 Å². The van der Waals surface area contributed by atoms with E-state index in [1.54, 1.807) is 0 Å². The maximum absolute atomic E-state index is 12.9. The summed E-state index contributed by atoms with van der Waals surface area (Å²) in [5, 5.41) is 0. The SMILES string of the molecule is CN(CC(=O)N1CCN(c2ccccn2)CC1)Cc1ccccc1N1CCOCC1. The summed E-state index contributed by atoms with van der Waals surface area (Å²) < 4.78 is 5.49. The third-order valence-corrected chi connectivity index (χ3v) is 5.79. The van der Waals surface area contributed by atoms with E-state index in [4.69, 9.17) is 4.74 Å². The molecule has 0 N–H and O–H groups in total. The van der Waals surface area contributed by atoms with Gasteiger partial charge in [-0.1, -0.05) is 24.3 Å². The average Bonchev–Trinajstić information content (AvgIpc) is 2.80. The second kappa shape index (κ2) is 9.91. The van der Waals surface area contributed by atoms with Crippen LogP contribution in [0.3, 0.4) is 0 Å². The molecule has 1 amide bonds. The normalized spacial score (nSPS) is 17.5. The number of pyridine rings is 1. The molecule has 2 fully saturated rings. The van der Waals surface area contributed by atoms with Gasteiger partial charge in [-0.05, 0) is 30.8 Å². The number of benzene rings is 1. The monoisotopic (exact) mass is 409 g/mol. The number of ether oxygens (including phenoxy) is 1. The van der Waals surface area contributed by atoms with E-state index >= 15 is 0 Å². The zero-order valence-corrected chi connectivity index (χ0v) is 17.7. The zero-order chi connectivity index (χ0) is 20.8. The Hall–Kier alpha value is -2.64. The number of carbonyl (C=O) groups is 1. The molecule has 0 radical (unpaired) electrons. The van der Waals surface area contributed by atoms with Crippen LogP contribution >= 0.6 is 0 Å². The highest BCUT2D eigenvalue weighted by atomic mass is 16.5. The second-order valence-corrected chi connectivity index (χ2v) is 7.96. The number of nitrogens with zero attached hydrogens (tertiary/aromatic N) is 5. The van der Waals surface area contributed by atoms with Crippen LogP contribution in [0, 0.1) is 0 Å². The minimum absolute atomic E-state index is 0.196. The number of piperazine rings is 1. The molecular weight excluding hydrogens is 378 g/mol. The van der Waals surface area contributed by atoms with Crippen molar-refractivity contribution in [3.05, 3.63) is 54.2 Å². The molecule has 2 saturated heterocycles. The highest BCUT2D eigenvalue weighted by molar-refractivity contribution is 5.78. The minimum Gasteiger partial charge on any atom is -0.378 e. The van der Waals surface area contributed by atoms with Crippen LogP contribution in [0.4, 0.5) is 11.5 Å². The molecule has 0 aliphatic carbocycles. The highest BCUT2D eigenvalue weighted by Crippen LogP contribution is 2.22. The van der Waals surface area contributed by atoms with Crippen LogP contribution in [0.1, 0.15) is 5.56 Å². The Bertz CT molecular complexity index is 817. The predicted octanol–water partition coefficient (Wildman–Crippen LogP) is 1.70. The number of amides is 1. The maximum Gasteiger partial charge on any atom is 0.236 e. The summed E-state index contributed by atoms with van der Waals surface area (Å²) in [6.45, 7) is 7.70. The summed E-state index contributed by atoms with van der Waals surface area (Å²) in [6, 6.07) is 14.5. The van der Waals surface area contributed by atoms with Gasteiger partial charge in [0.25, 0.3) is 0 Å². The first-order valence-corrected chi connectivity index (χ1v) is 10.7. The van der Waals surface area contributed by atoms with Gasteiger partial charge in [0.15, 0.2) is 0 Å². The lowest BCUT2D eigenvalue weighted by atomic mass is 10.1. The number of hydrogen-bond acceptors (Lipinski definition) is 6. The Morgan fingerprint density at radius 3 is 2.43 bits per heavy atom. The molecule has 1 aromatic heterocycles. The van der Waals surface area contributed by atoms with E-state index in [-0.39, 0.29) is 5.91 Å². The summed E-state index contributed by atoms with van der Waals surface area (Å²) in [7, 11) is 2.03. The molecule has 7 nitrogen and oxygen atoms in total. The number of rotatable bonds is 6. The minimum atomic E-state index is 0.196. The standard InChI is InChI=1S/C23H31N5O2/c1-25(18-20-6-2-3-7-21(20)26-14-16-30-17-15-26)19-23(29)28-12-10-27(11-13-28)22-8-4-5-9-24-22/h2-9H,10-19H2,1H3. The van der Waals surface area contributed by atoms with Crippen LogP contribution in [0.25, 0.3) is 0 Å². The van der Waals surface area contributed by atoms with Gasteiger partial charge >= 0.3 is 0 Å². The molecule has 4 rings (SSSR count). The molecule has 2 aliphatic heterocycles. The van der Waals surface area contributed by atoms with Crippen molar-refractivity contribution >= 4 is 17.4 Å². The Balaban J connectivity index is 1.29. The van der Waals surface area contributed by atoms with Crippen LogP contribution in [-0.2, 0) is 16.1 Å². The fourth-order valence-electron chi connectivity index (χ4n) is 4.16. The van der Waals surface area contributed by atoms with Crippen LogP contribution < -0.4 is 9.80 Å². The smallest absolute Gasteiger partial charge is 0.236 e. The van der Waals surface area contributed by atoms with E-state index in [2.05, 4.69) is 43.9 Å². The molecule has 1 aromatic carbocycles. The predicted molar refractivity (Wildman–Crippen MR) is 119 cm³/mol. The number of para-hydroxylation sites is 1. The topological polar surface area (TPSA) is 52.2 Å². The maximum atomic E-state index is 12.9. The first-order chi connectivity index (χ1) is 14.7. The average molecular weight is 410 g/mol. The molecule has 2 aliphatic rings. The van der Waals surface area contributed by atoms with Gasteiger partial charge in [0.2, 0.25) is 5.91 Å². The number of aromatic nitrogens is 1. The summed E-state index contributed by atoms with van der Waals surface area (Å²) in [4.78, 5) is 26.0. The number of anilines is 2. The van der Waals surface area contributed by atoms with Gasteiger partial charge in [0, 0.05) is 57.7 Å². The first kappa shape index (κ1) is 20.6. The summed E-state index contributed by atoms with van der Waals surface area (Å²) >= 11 is 0. The van der Waals surface area contributed by atoms with Crippen LogP contribution in [0.15, 0.2) is 48.7 Å². The fraction of sp³-hybridized carbons (Fsp3) is 0.478. The van der Waals surface area contributed by atoms with Gasteiger partial charge in [-0.25, -0.2) is 4.98 Å². The highest BCUT2D eigenvalue weighted by Gasteiger charge is 2.23. The van der Waals surface area contributed by atoms with Crippen molar-refractivity contribution in [3.63, 3.8) is 0 Å². The van der Waals surface area contributed by atoms with Gasteiger partial charge in [-0.15, -0.1) is 0 Å². The molecule has 0 saturated carbocycles. The van der Waals surface area contributed by atoms with E-state index < -0.39 is 0 Å². The van der Waals surface area contributed by atoms with Crippen molar-refractivity contribution < 1.29 is 9.53 Å². The third kappa shape index (κ3) is 5.09. The Morgan fingerprint density at radius 2 is 1.70 bits per heavy atom. The summed E-state index contributed by atoms with van der Waals surface area (Å²) in [5.41, 5.74) is 2.51. The van der Waals surface area contributed by atoms with Gasteiger partial charge in [0.05, 0.1) is 19.8 Å². The number of likely N-dealkylation sites (N-methyl/N-ethyl adjacent to an activating group) is 1. The van der Waals surface area contributed by atoms with Crippen molar-refractivity contribution in [1.82, 2.24) is 14.8 Å². The lowest BCUT2D eigenvalue weighted by molar-refractivity contribution is -0.132. The van der Waals surface area contributed by atoms with E-state index in [1.165, 1.54) is 11.3 Å². The fourth-order valence-corrected chi connectivity index (χ4v) is 4.16. The van der Waals surface area contributed by atoms with Crippen molar-refractivity contribution in [2.24, 2.45) is 0 Å². The Kier molecular flexibility index (Phi) is 6.81. The molecule has 0 unspecified atom stereocenters. The van der Waals surface area contributed by atoms with E-state index in [0.29, 0.717) is 6.54 Å². The van der Waals surface area contributed by atoms with Crippen molar-refractivity contribution in [2.75, 3.05) is 75.9 Å². The molecule has 30 heavy (non-hydrogen) atoms. The Labute approximate surface area is 178 Å². The number of carbonyl (C=O) groups excluding carboxylic acids is 1. The first-order valence-electron chi connectivity index (χ1n) is 10.7. The van der Waals surface area contributed by atoms with Gasteiger partial charge in [-0.3, -0.25) is 9.69 Å². The largest absolute Gasteiger partial charge is 0.378 e. The Morgan fingerprint density at radius 1 is 0.967 bits per heavy atom. The number of morpholine rings is 1. The van der Waals surface area contributed by atoms with Gasteiger partial charge in [-0.2, -0.15) is 0 Å². The van der Waals surface area contributed by atoms with Crippen molar-refractivity contribution in [2.45, 2.75) is 6.54 Å². The second-order valence-electron chi connectivity index (χ2n) is 7.96. The lowest BCUT2D eigenvalue weighted by Gasteiger charge is -2.36. The molecule has 160 valence electrons. The van der Waals surface area contributed by atoms with Gasteiger partial charge in [0.1, 0.15) is 5.82 Å². The molecule has 3 heterocycles. The van der Waals surface area contributed by atoms with Crippen LogP contribution in [0.2, 0.25) is 0 Å². The third-order valence-electron chi connectivity index (χ3n) is 5.79. The van der Waals surface area contributed by atoms with E-state index in [9.17, 15) is 4.79 Å². The van der Waals surface area contributed by atoms with E-state index in [0.717, 1.165) is 64.8 Å².